The second-order valence-electron chi connectivity index (χ2n) is 6.11. The van der Waals surface area contributed by atoms with E-state index in [4.69, 9.17) is 0 Å². The van der Waals surface area contributed by atoms with Gasteiger partial charge in [-0.1, -0.05) is 15.9 Å². The summed E-state index contributed by atoms with van der Waals surface area (Å²) >= 11 is 3.31. The van der Waals surface area contributed by atoms with Crippen molar-refractivity contribution in [1.82, 2.24) is 4.90 Å². The van der Waals surface area contributed by atoms with Gasteiger partial charge in [0.2, 0.25) is 0 Å². The number of sulfonamides is 1. The standard InChI is InChI=1S/C18H20BrN3O3S/c19-14-4-6-16(7-5-14)21-26(24,25)17-10-8-15(9-11-17)20-18(23)22-12-2-1-3-13-22/h4-11,21H,1-3,12-13H2,(H,20,23). The molecule has 0 spiro atoms. The van der Waals surface area contributed by atoms with Crippen LogP contribution in [0.1, 0.15) is 19.3 Å². The first-order chi connectivity index (χ1) is 12.4. The van der Waals surface area contributed by atoms with Crippen LogP contribution in [0.3, 0.4) is 0 Å². The van der Waals surface area contributed by atoms with Crippen molar-refractivity contribution in [2.24, 2.45) is 0 Å². The van der Waals surface area contributed by atoms with Gasteiger partial charge in [0.1, 0.15) is 0 Å². The maximum Gasteiger partial charge on any atom is 0.321 e. The summed E-state index contributed by atoms with van der Waals surface area (Å²) in [6, 6.07) is 12.9. The lowest BCUT2D eigenvalue weighted by Crippen LogP contribution is -2.38. The van der Waals surface area contributed by atoms with Crippen molar-refractivity contribution in [2.75, 3.05) is 23.1 Å². The van der Waals surface area contributed by atoms with E-state index in [1.807, 2.05) is 0 Å². The molecule has 0 unspecified atom stereocenters. The lowest BCUT2D eigenvalue weighted by Gasteiger charge is -2.26. The van der Waals surface area contributed by atoms with Crippen LogP contribution in [-0.4, -0.2) is 32.4 Å². The van der Waals surface area contributed by atoms with Crippen molar-refractivity contribution in [3.63, 3.8) is 0 Å². The summed E-state index contributed by atoms with van der Waals surface area (Å²) in [5, 5.41) is 2.81. The summed E-state index contributed by atoms with van der Waals surface area (Å²) in [5.74, 6) is 0. The summed E-state index contributed by atoms with van der Waals surface area (Å²) in [5.41, 5.74) is 1.05. The fourth-order valence-corrected chi connectivity index (χ4v) is 4.07. The summed E-state index contributed by atoms with van der Waals surface area (Å²) in [6.07, 6.45) is 3.19. The van der Waals surface area contributed by atoms with E-state index >= 15 is 0 Å². The zero-order valence-electron chi connectivity index (χ0n) is 14.1. The van der Waals surface area contributed by atoms with Crippen LogP contribution in [0.15, 0.2) is 57.9 Å². The maximum atomic E-state index is 12.4. The molecule has 1 heterocycles. The number of carbonyl (C=O) groups excluding carboxylic acids is 1. The van der Waals surface area contributed by atoms with Gasteiger partial charge in [-0.15, -0.1) is 0 Å². The third-order valence-corrected chi connectivity index (χ3v) is 6.08. The third kappa shape index (κ3) is 4.76. The van der Waals surface area contributed by atoms with Crippen molar-refractivity contribution >= 4 is 43.4 Å². The van der Waals surface area contributed by atoms with Gasteiger partial charge in [0, 0.05) is 28.9 Å². The van der Waals surface area contributed by atoms with Gasteiger partial charge < -0.3 is 10.2 Å². The molecule has 1 saturated heterocycles. The van der Waals surface area contributed by atoms with Crippen LogP contribution < -0.4 is 10.0 Å². The van der Waals surface area contributed by atoms with Gasteiger partial charge in [-0.3, -0.25) is 4.72 Å². The number of likely N-dealkylation sites (tertiary alicyclic amines) is 1. The first-order valence-corrected chi connectivity index (χ1v) is 10.7. The van der Waals surface area contributed by atoms with Gasteiger partial charge in [0.05, 0.1) is 4.90 Å². The minimum absolute atomic E-state index is 0.136. The highest BCUT2D eigenvalue weighted by atomic mass is 79.9. The Kier molecular flexibility index (Phi) is 5.83. The number of rotatable bonds is 4. The molecule has 1 aliphatic heterocycles. The predicted octanol–water partition coefficient (Wildman–Crippen LogP) is 4.27. The number of hydrogen-bond acceptors (Lipinski definition) is 3. The molecule has 1 aliphatic rings. The van der Waals surface area contributed by atoms with E-state index in [0.717, 1.165) is 36.8 Å². The number of piperidine rings is 1. The number of halogens is 1. The summed E-state index contributed by atoms with van der Waals surface area (Å²) in [6.45, 7) is 1.52. The van der Waals surface area contributed by atoms with Crippen molar-refractivity contribution in [2.45, 2.75) is 24.2 Å². The van der Waals surface area contributed by atoms with E-state index in [2.05, 4.69) is 26.0 Å². The van der Waals surface area contributed by atoms with Gasteiger partial charge in [0.15, 0.2) is 0 Å². The van der Waals surface area contributed by atoms with Crippen LogP contribution in [0.5, 0.6) is 0 Å². The summed E-state index contributed by atoms with van der Waals surface area (Å²) in [4.78, 5) is 14.1. The first kappa shape index (κ1) is 18.7. The molecule has 0 saturated carbocycles. The number of amides is 2. The Morgan fingerprint density at radius 3 is 2.08 bits per heavy atom. The normalized spacial score (nSPS) is 14.7. The molecule has 0 radical (unpaired) electrons. The number of hydrogen-bond donors (Lipinski definition) is 2. The van der Waals surface area contributed by atoms with Crippen LogP contribution in [0.4, 0.5) is 16.2 Å². The number of anilines is 2. The Balaban J connectivity index is 1.66. The van der Waals surface area contributed by atoms with Crippen molar-refractivity contribution < 1.29 is 13.2 Å². The molecule has 138 valence electrons. The molecule has 3 rings (SSSR count). The largest absolute Gasteiger partial charge is 0.325 e. The van der Waals surface area contributed by atoms with Gasteiger partial charge in [-0.25, -0.2) is 13.2 Å². The second kappa shape index (κ2) is 8.09. The molecule has 2 amide bonds. The molecule has 0 aliphatic carbocycles. The molecule has 8 heteroatoms. The molecular formula is C18H20BrN3O3S. The van der Waals surface area contributed by atoms with Gasteiger partial charge in [-0.2, -0.15) is 0 Å². The Bertz CT molecular complexity index is 862. The quantitative estimate of drug-likeness (QED) is 0.749. The van der Waals surface area contributed by atoms with E-state index < -0.39 is 10.0 Å². The Morgan fingerprint density at radius 1 is 0.885 bits per heavy atom. The molecule has 2 N–H and O–H groups in total. The fourth-order valence-electron chi connectivity index (χ4n) is 2.75. The average Bonchev–Trinajstić information content (AvgIpc) is 2.64. The Labute approximate surface area is 161 Å². The van der Waals surface area contributed by atoms with E-state index in [1.165, 1.54) is 12.1 Å². The number of nitrogens with zero attached hydrogens (tertiary/aromatic N) is 1. The summed E-state index contributed by atoms with van der Waals surface area (Å²) in [7, 11) is -3.68. The second-order valence-corrected chi connectivity index (χ2v) is 8.71. The van der Waals surface area contributed by atoms with Crippen molar-refractivity contribution in [3.8, 4) is 0 Å². The minimum atomic E-state index is -3.68. The molecule has 26 heavy (non-hydrogen) atoms. The first-order valence-electron chi connectivity index (χ1n) is 8.38. The lowest BCUT2D eigenvalue weighted by molar-refractivity contribution is 0.200. The maximum absolute atomic E-state index is 12.4. The molecule has 2 aromatic rings. The average molecular weight is 438 g/mol. The summed E-state index contributed by atoms with van der Waals surface area (Å²) < 4.78 is 28.3. The molecule has 0 bridgehead atoms. The van der Waals surface area contributed by atoms with Gasteiger partial charge in [-0.05, 0) is 67.8 Å². The highest BCUT2D eigenvalue weighted by molar-refractivity contribution is 9.10. The van der Waals surface area contributed by atoms with Crippen LogP contribution in [0.25, 0.3) is 0 Å². The van der Waals surface area contributed by atoms with Crippen molar-refractivity contribution in [3.05, 3.63) is 53.0 Å². The topological polar surface area (TPSA) is 78.5 Å². The minimum Gasteiger partial charge on any atom is -0.325 e. The number of carbonyl (C=O) groups is 1. The predicted molar refractivity (Wildman–Crippen MR) is 106 cm³/mol. The van der Waals surface area contributed by atoms with Gasteiger partial charge >= 0.3 is 6.03 Å². The van der Waals surface area contributed by atoms with Crippen LogP contribution in [-0.2, 0) is 10.0 Å². The highest BCUT2D eigenvalue weighted by Crippen LogP contribution is 2.20. The fraction of sp³-hybridized carbons (Fsp3) is 0.278. The Hall–Kier alpha value is -2.06. The SMILES string of the molecule is O=C(Nc1ccc(S(=O)(=O)Nc2ccc(Br)cc2)cc1)N1CCCCC1. The third-order valence-electron chi connectivity index (χ3n) is 4.16. The zero-order valence-corrected chi connectivity index (χ0v) is 16.5. The smallest absolute Gasteiger partial charge is 0.321 e. The monoisotopic (exact) mass is 437 g/mol. The van der Waals surface area contributed by atoms with Crippen LogP contribution >= 0.6 is 15.9 Å². The lowest BCUT2D eigenvalue weighted by atomic mass is 10.1. The van der Waals surface area contributed by atoms with E-state index in [9.17, 15) is 13.2 Å². The van der Waals surface area contributed by atoms with Crippen LogP contribution in [0.2, 0.25) is 0 Å². The van der Waals surface area contributed by atoms with Crippen LogP contribution in [0, 0.1) is 0 Å². The van der Waals surface area contributed by atoms with Crippen molar-refractivity contribution in [1.29, 1.82) is 0 Å². The molecule has 1 fully saturated rings. The zero-order chi connectivity index (χ0) is 18.6. The molecule has 2 aromatic carbocycles. The van der Waals surface area contributed by atoms with E-state index in [-0.39, 0.29) is 10.9 Å². The highest BCUT2D eigenvalue weighted by Gasteiger charge is 2.17. The van der Waals surface area contributed by atoms with E-state index in [1.54, 1.807) is 41.3 Å². The number of nitrogens with one attached hydrogen (secondary N) is 2. The molecular weight excluding hydrogens is 418 g/mol. The number of benzene rings is 2. The number of urea groups is 1. The molecule has 0 atom stereocenters. The van der Waals surface area contributed by atoms with E-state index in [0.29, 0.717) is 11.4 Å². The van der Waals surface area contributed by atoms with Gasteiger partial charge in [0.25, 0.3) is 10.0 Å². The molecule has 6 nitrogen and oxygen atoms in total. The molecule has 0 aromatic heterocycles. The Morgan fingerprint density at radius 2 is 1.46 bits per heavy atom.